The molecule has 1 amide bonds. The number of carboxylic acid groups (broad SMARTS) is 1. The quantitative estimate of drug-likeness (QED) is 0.859. The number of carboxylic acids is 1. The van der Waals surface area contributed by atoms with Crippen molar-refractivity contribution in [2.45, 2.75) is 32.7 Å². The van der Waals surface area contributed by atoms with E-state index in [9.17, 15) is 9.59 Å². The van der Waals surface area contributed by atoms with E-state index < -0.39 is 5.97 Å². The number of hydrogen-bond donors (Lipinski definition) is 2. The highest BCUT2D eigenvalue weighted by Gasteiger charge is 2.06. The lowest BCUT2D eigenvalue weighted by molar-refractivity contribution is -0.120. The Labute approximate surface area is 136 Å². The van der Waals surface area contributed by atoms with Crippen LogP contribution in [0, 0.1) is 0 Å². The first-order valence-corrected chi connectivity index (χ1v) is 7.63. The normalized spacial score (nSPS) is 10.6. The number of benzene rings is 2. The Morgan fingerprint density at radius 3 is 2.04 bits per heavy atom. The highest BCUT2D eigenvalue weighted by atomic mass is 16.4. The second-order valence-electron chi connectivity index (χ2n) is 5.85. The molecule has 0 aliphatic heterocycles. The molecule has 0 radical (unpaired) electrons. The Morgan fingerprint density at radius 1 is 0.957 bits per heavy atom. The summed E-state index contributed by atoms with van der Waals surface area (Å²) in [6.07, 6.45) is 0.240. The number of amides is 1. The molecular formula is C19H21NO3. The van der Waals surface area contributed by atoms with Crippen molar-refractivity contribution < 1.29 is 14.7 Å². The molecule has 0 aliphatic carbocycles. The van der Waals surface area contributed by atoms with E-state index in [1.54, 1.807) is 12.1 Å². The van der Waals surface area contributed by atoms with Gasteiger partial charge < -0.3 is 10.4 Å². The van der Waals surface area contributed by atoms with E-state index in [4.69, 9.17) is 5.11 Å². The molecule has 120 valence electrons. The minimum Gasteiger partial charge on any atom is -0.478 e. The first kappa shape index (κ1) is 16.7. The fourth-order valence-electron chi connectivity index (χ4n) is 2.23. The second-order valence-corrected chi connectivity index (χ2v) is 5.85. The molecular weight excluding hydrogens is 290 g/mol. The molecule has 4 nitrogen and oxygen atoms in total. The topological polar surface area (TPSA) is 66.4 Å². The van der Waals surface area contributed by atoms with Crippen molar-refractivity contribution in [2.75, 3.05) is 0 Å². The van der Waals surface area contributed by atoms with Crippen molar-refractivity contribution in [1.82, 2.24) is 5.32 Å². The Bertz CT molecular complexity index is 673. The molecule has 0 heterocycles. The molecule has 0 saturated carbocycles. The molecule has 2 N–H and O–H groups in total. The van der Waals surface area contributed by atoms with Crippen LogP contribution in [-0.4, -0.2) is 17.0 Å². The third-order valence-corrected chi connectivity index (χ3v) is 3.70. The van der Waals surface area contributed by atoms with Gasteiger partial charge >= 0.3 is 5.97 Å². The largest absolute Gasteiger partial charge is 0.478 e. The molecule has 0 aromatic heterocycles. The van der Waals surface area contributed by atoms with Crippen molar-refractivity contribution in [1.29, 1.82) is 0 Å². The number of carbonyl (C=O) groups is 2. The molecule has 4 heteroatoms. The summed E-state index contributed by atoms with van der Waals surface area (Å²) in [6.45, 7) is 4.78. The van der Waals surface area contributed by atoms with Gasteiger partial charge in [0.2, 0.25) is 5.91 Å². The van der Waals surface area contributed by atoms with E-state index in [1.165, 1.54) is 17.7 Å². The zero-order valence-corrected chi connectivity index (χ0v) is 13.4. The molecule has 0 aliphatic rings. The predicted molar refractivity (Wildman–Crippen MR) is 89.5 cm³/mol. The van der Waals surface area contributed by atoms with Crippen molar-refractivity contribution in [3.8, 4) is 0 Å². The van der Waals surface area contributed by atoms with Crippen molar-refractivity contribution >= 4 is 11.9 Å². The maximum absolute atomic E-state index is 12.0. The fraction of sp³-hybridized carbons (Fsp3) is 0.263. The standard InChI is InChI=1S/C19H21NO3/c1-13(2)16-7-5-15(6-8-16)12-20-18(21)11-14-3-9-17(10-4-14)19(22)23/h3-10,13H,11-12H2,1-2H3,(H,20,21)(H,22,23). The minimum absolute atomic E-state index is 0.0824. The summed E-state index contributed by atoms with van der Waals surface area (Å²) in [5.41, 5.74) is 3.35. The van der Waals surface area contributed by atoms with Crippen molar-refractivity contribution in [2.24, 2.45) is 0 Å². The summed E-state index contributed by atoms with van der Waals surface area (Å²) in [7, 11) is 0. The Balaban J connectivity index is 1.86. The zero-order valence-electron chi connectivity index (χ0n) is 13.4. The Morgan fingerprint density at radius 2 is 1.52 bits per heavy atom. The average molecular weight is 311 g/mol. The van der Waals surface area contributed by atoms with Gasteiger partial charge in [-0.05, 0) is 34.7 Å². The minimum atomic E-state index is -0.967. The Kier molecular flexibility index (Phi) is 5.52. The lowest BCUT2D eigenvalue weighted by atomic mass is 10.0. The molecule has 2 aromatic carbocycles. The van der Waals surface area contributed by atoms with Crippen LogP contribution in [0.1, 0.15) is 46.8 Å². The maximum atomic E-state index is 12.0. The zero-order chi connectivity index (χ0) is 16.8. The summed E-state index contributed by atoms with van der Waals surface area (Å²) in [6, 6.07) is 14.6. The number of aromatic carboxylic acids is 1. The summed E-state index contributed by atoms with van der Waals surface area (Å²) in [5, 5.41) is 11.7. The van der Waals surface area contributed by atoms with Gasteiger partial charge in [0, 0.05) is 6.54 Å². The third kappa shape index (κ3) is 4.95. The first-order chi connectivity index (χ1) is 11.0. The number of rotatable bonds is 6. The molecule has 2 aromatic rings. The van der Waals surface area contributed by atoms with E-state index in [0.717, 1.165) is 11.1 Å². The third-order valence-electron chi connectivity index (χ3n) is 3.70. The second kappa shape index (κ2) is 7.58. The van der Waals surface area contributed by atoms with E-state index in [1.807, 2.05) is 12.1 Å². The van der Waals surface area contributed by atoms with Crippen LogP contribution < -0.4 is 5.32 Å². The summed E-state index contributed by atoms with van der Waals surface area (Å²) in [4.78, 5) is 22.7. The highest BCUT2D eigenvalue weighted by Crippen LogP contribution is 2.14. The van der Waals surface area contributed by atoms with Crippen molar-refractivity contribution in [3.63, 3.8) is 0 Å². The smallest absolute Gasteiger partial charge is 0.335 e. The molecule has 0 saturated heterocycles. The maximum Gasteiger partial charge on any atom is 0.335 e. The van der Waals surface area contributed by atoms with Gasteiger partial charge in [-0.15, -0.1) is 0 Å². The molecule has 0 atom stereocenters. The average Bonchev–Trinajstić information content (AvgIpc) is 2.54. The van der Waals surface area contributed by atoms with Crippen LogP contribution in [0.5, 0.6) is 0 Å². The van der Waals surface area contributed by atoms with Crippen molar-refractivity contribution in [3.05, 3.63) is 70.8 Å². The fourth-order valence-corrected chi connectivity index (χ4v) is 2.23. The van der Waals surface area contributed by atoms with Gasteiger partial charge in [-0.1, -0.05) is 50.2 Å². The number of carbonyl (C=O) groups excluding carboxylic acids is 1. The van der Waals surface area contributed by atoms with Crippen LogP contribution in [0.4, 0.5) is 0 Å². The van der Waals surface area contributed by atoms with Gasteiger partial charge in [-0.25, -0.2) is 4.79 Å². The lowest BCUT2D eigenvalue weighted by Crippen LogP contribution is -2.24. The summed E-state index contributed by atoms with van der Waals surface area (Å²) in [5.74, 6) is -0.556. The van der Waals surface area contributed by atoms with Crippen LogP contribution >= 0.6 is 0 Å². The number of nitrogens with one attached hydrogen (secondary N) is 1. The first-order valence-electron chi connectivity index (χ1n) is 7.63. The van der Waals surface area contributed by atoms with Gasteiger partial charge in [-0.2, -0.15) is 0 Å². The van der Waals surface area contributed by atoms with Gasteiger partial charge in [0.25, 0.3) is 0 Å². The molecule has 23 heavy (non-hydrogen) atoms. The van der Waals surface area contributed by atoms with Gasteiger partial charge in [0.15, 0.2) is 0 Å². The highest BCUT2D eigenvalue weighted by molar-refractivity contribution is 5.87. The van der Waals surface area contributed by atoms with E-state index in [-0.39, 0.29) is 17.9 Å². The van der Waals surface area contributed by atoms with Gasteiger partial charge in [0.1, 0.15) is 0 Å². The van der Waals surface area contributed by atoms with Crippen LogP contribution in [0.2, 0.25) is 0 Å². The van der Waals surface area contributed by atoms with Crippen LogP contribution in [0.15, 0.2) is 48.5 Å². The lowest BCUT2D eigenvalue weighted by Gasteiger charge is -2.08. The molecule has 2 rings (SSSR count). The van der Waals surface area contributed by atoms with Gasteiger partial charge in [-0.3, -0.25) is 4.79 Å². The van der Waals surface area contributed by atoms with E-state index in [2.05, 4.69) is 31.3 Å². The SMILES string of the molecule is CC(C)c1ccc(CNC(=O)Cc2ccc(C(=O)O)cc2)cc1. The van der Waals surface area contributed by atoms with E-state index >= 15 is 0 Å². The predicted octanol–water partition coefficient (Wildman–Crippen LogP) is 3.37. The van der Waals surface area contributed by atoms with E-state index in [0.29, 0.717) is 12.5 Å². The molecule has 0 unspecified atom stereocenters. The molecule has 0 fully saturated rings. The van der Waals surface area contributed by atoms with Crippen LogP contribution in [-0.2, 0) is 17.8 Å². The summed E-state index contributed by atoms with van der Waals surface area (Å²) >= 11 is 0. The monoisotopic (exact) mass is 311 g/mol. The van der Waals surface area contributed by atoms with Gasteiger partial charge in [0.05, 0.1) is 12.0 Å². The molecule has 0 spiro atoms. The Hall–Kier alpha value is -2.62. The molecule has 0 bridgehead atoms. The summed E-state index contributed by atoms with van der Waals surface area (Å²) < 4.78 is 0. The number of hydrogen-bond acceptors (Lipinski definition) is 2. The van der Waals surface area contributed by atoms with Crippen LogP contribution in [0.3, 0.4) is 0 Å². The van der Waals surface area contributed by atoms with Crippen LogP contribution in [0.25, 0.3) is 0 Å².